The Balaban J connectivity index is 3.07. The van der Waals surface area contributed by atoms with E-state index < -0.39 is 54.5 Å². The maximum Gasteiger partial charge on any atom is 0.217 e. The van der Waals surface area contributed by atoms with Gasteiger partial charge in [-0.25, -0.2) is 0 Å². The van der Waals surface area contributed by atoms with Gasteiger partial charge < -0.3 is 40.4 Å². The summed E-state index contributed by atoms with van der Waals surface area (Å²) in [6.07, 6.45) is -6.46. The first kappa shape index (κ1) is 17.8. The molecule has 0 spiro atoms. The molecule has 1 saturated heterocycles. The molecule has 0 aromatic rings. The van der Waals surface area contributed by atoms with Crippen LogP contribution < -0.4 is 10.4 Å². The number of hydrogen-bond donors (Lipinski definition) is 5. The molecule has 1 rings (SSSR count). The van der Waals surface area contributed by atoms with Crippen molar-refractivity contribution in [2.24, 2.45) is 0 Å². The lowest BCUT2D eigenvalue weighted by Crippen LogP contribution is -2.68. The number of amides is 1. The molecule has 0 saturated carbocycles. The summed E-state index contributed by atoms with van der Waals surface area (Å²) in [5, 5.41) is 51.8. The van der Waals surface area contributed by atoms with Crippen LogP contribution in [0.2, 0.25) is 0 Å². The average molecular weight is 306 g/mol. The number of ether oxygens (including phenoxy) is 1. The maximum absolute atomic E-state index is 11.2. The molecular weight excluding hydrogens is 286 g/mol. The molecular formula is C12H20NO8-. The highest BCUT2D eigenvalue weighted by Gasteiger charge is 2.49. The van der Waals surface area contributed by atoms with Gasteiger partial charge in [0.15, 0.2) is 0 Å². The van der Waals surface area contributed by atoms with Crippen molar-refractivity contribution in [1.29, 1.82) is 0 Å². The second-order valence-corrected chi connectivity index (χ2v) is 5.34. The quantitative estimate of drug-likeness (QED) is 0.342. The third kappa shape index (κ3) is 3.89. The standard InChI is InChI=1S/C12H21NO8/c1-5(15)13-8-6(16)3-12(2,11(19)20)21-10(8)9(18)7(17)4-14/h6-10,14,16-18H,3-4H2,1-2H3,(H,13,15)(H,19,20)/p-1. The van der Waals surface area contributed by atoms with E-state index in [9.17, 15) is 30.0 Å². The lowest BCUT2D eigenvalue weighted by atomic mass is 9.84. The zero-order valence-electron chi connectivity index (χ0n) is 11.7. The highest BCUT2D eigenvalue weighted by molar-refractivity contribution is 5.76. The minimum absolute atomic E-state index is 0.362. The van der Waals surface area contributed by atoms with E-state index in [1.807, 2.05) is 0 Å². The predicted molar refractivity (Wildman–Crippen MR) is 65.6 cm³/mol. The SMILES string of the molecule is CC(=O)NC1C(O)CC(C)(C(=O)[O-])OC1C(O)C(O)CO. The Bertz CT molecular complexity index is 403. The van der Waals surface area contributed by atoms with Crippen LogP contribution in [0.15, 0.2) is 0 Å². The molecule has 0 aromatic carbocycles. The molecule has 21 heavy (non-hydrogen) atoms. The smallest absolute Gasteiger partial charge is 0.217 e. The molecule has 0 aromatic heterocycles. The fourth-order valence-electron chi connectivity index (χ4n) is 2.32. The van der Waals surface area contributed by atoms with Crippen molar-refractivity contribution in [3.63, 3.8) is 0 Å². The molecule has 1 aliphatic heterocycles. The number of carboxylic acid groups (broad SMARTS) is 1. The first-order valence-corrected chi connectivity index (χ1v) is 6.44. The molecule has 1 fully saturated rings. The number of carbonyl (C=O) groups excluding carboxylic acids is 2. The molecule has 6 atom stereocenters. The van der Waals surface area contributed by atoms with Gasteiger partial charge in [-0.1, -0.05) is 0 Å². The van der Waals surface area contributed by atoms with Gasteiger partial charge in [-0.3, -0.25) is 4.79 Å². The molecule has 0 radical (unpaired) electrons. The number of carboxylic acids is 1. The number of hydrogen-bond acceptors (Lipinski definition) is 8. The highest BCUT2D eigenvalue weighted by atomic mass is 16.6. The van der Waals surface area contributed by atoms with E-state index in [0.29, 0.717) is 0 Å². The van der Waals surface area contributed by atoms with Gasteiger partial charge in [-0.05, 0) is 6.92 Å². The second-order valence-electron chi connectivity index (χ2n) is 5.34. The summed E-state index contributed by atoms with van der Waals surface area (Å²) in [4.78, 5) is 22.3. The van der Waals surface area contributed by atoms with Crippen molar-refractivity contribution in [2.75, 3.05) is 6.61 Å². The van der Waals surface area contributed by atoms with Crippen LogP contribution in [0.1, 0.15) is 20.3 Å². The monoisotopic (exact) mass is 306 g/mol. The highest BCUT2D eigenvalue weighted by Crippen LogP contribution is 2.31. The van der Waals surface area contributed by atoms with Gasteiger partial charge in [0.2, 0.25) is 5.91 Å². The van der Waals surface area contributed by atoms with Gasteiger partial charge in [0, 0.05) is 13.3 Å². The normalized spacial score (nSPS) is 35.8. The number of aliphatic carboxylic acids is 1. The van der Waals surface area contributed by atoms with Crippen molar-refractivity contribution >= 4 is 11.9 Å². The van der Waals surface area contributed by atoms with Crippen LogP contribution >= 0.6 is 0 Å². The summed E-state index contributed by atoms with van der Waals surface area (Å²) < 4.78 is 5.25. The van der Waals surface area contributed by atoms with E-state index in [-0.39, 0.29) is 6.42 Å². The third-order valence-corrected chi connectivity index (χ3v) is 3.48. The Morgan fingerprint density at radius 1 is 1.48 bits per heavy atom. The van der Waals surface area contributed by atoms with Gasteiger partial charge >= 0.3 is 0 Å². The van der Waals surface area contributed by atoms with E-state index in [2.05, 4.69) is 5.32 Å². The van der Waals surface area contributed by atoms with E-state index >= 15 is 0 Å². The molecule has 6 unspecified atom stereocenters. The fourth-order valence-corrected chi connectivity index (χ4v) is 2.32. The Labute approximate surface area is 121 Å². The van der Waals surface area contributed by atoms with Gasteiger partial charge in [0.25, 0.3) is 0 Å². The van der Waals surface area contributed by atoms with E-state index in [0.717, 1.165) is 6.92 Å². The Morgan fingerprint density at radius 2 is 2.05 bits per heavy atom. The molecule has 122 valence electrons. The first-order valence-electron chi connectivity index (χ1n) is 6.44. The van der Waals surface area contributed by atoms with Crippen LogP contribution in [0.25, 0.3) is 0 Å². The zero-order valence-corrected chi connectivity index (χ0v) is 11.7. The van der Waals surface area contributed by atoms with Crippen molar-refractivity contribution in [3.8, 4) is 0 Å². The van der Waals surface area contributed by atoms with Gasteiger partial charge in [0.05, 0.1) is 24.7 Å². The lowest BCUT2D eigenvalue weighted by Gasteiger charge is -2.48. The molecule has 1 aliphatic rings. The van der Waals surface area contributed by atoms with E-state index in [4.69, 9.17) is 9.84 Å². The molecule has 0 bridgehead atoms. The van der Waals surface area contributed by atoms with Gasteiger partial charge in [0.1, 0.15) is 23.9 Å². The van der Waals surface area contributed by atoms with Gasteiger partial charge in [-0.2, -0.15) is 0 Å². The van der Waals surface area contributed by atoms with Crippen molar-refractivity contribution in [1.82, 2.24) is 5.32 Å². The Hall–Kier alpha value is -1.26. The maximum atomic E-state index is 11.2. The van der Waals surface area contributed by atoms with Crippen LogP contribution in [0.3, 0.4) is 0 Å². The summed E-state index contributed by atoms with van der Waals surface area (Å²) in [7, 11) is 0. The summed E-state index contributed by atoms with van der Waals surface area (Å²) in [6.45, 7) is 1.53. The molecule has 9 heteroatoms. The molecule has 5 N–H and O–H groups in total. The summed E-state index contributed by atoms with van der Waals surface area (Å²) in [5.74, 6) is -2.13. The Morgan fingerprint density at radius 3 is 2.48 bits per heavy atom. The number of aliphatic hydroxyl groups excluding tert-OH is 4. The minimum atomic E-state index is -1.89. The van der Waals surface area contributed by atoms with Crippen molar-refractivity contribution in [3.05, 3.63) is 0 Å². The lowest BCUT2D eigenvalue weighted by molar-refractivity contribution is -0.338. The minimum Gasteiger partial charge on any atom is -0.547 e. The number of nitrogens with one attached hydrogen (secondary N) is 1. The molecule has 1 amide bonds. The number of aliphatic hydroxyl groups is 4. The van der Waals surface area contributed by atoms with Crippen LogP contribution in [0, 0.1) is 0 Å². The first-order chi connectivity index (χ1) is 9.62. The van der Waals surface area contributed by atoms with Crippen LogP contribution in [-0.2, 0) is 14.3 Å². The summed E-state index contributed by atoms with van der Waals surface area (Å²) in [5.41, 5.74) is -1.89. The van der Waals surface area contributed by atoms with Crippen molar-refractivity contribution < 1.29 is 39.9 Å². The molecule has 9 nitrogen and oxygen atoms in total. The summed E-state index contributed by atoms with van der Waals surface area (Å²) in [6, 6.07) is -1.13. The topological polar surface area (TPSA) is 159 Å². The predicted octanol–water partition coefficient (Wildman–Crippen LogP) is -4.14. The Kier molecular flexibility index (Phi) is 5.65. The molecule has 0 aliphatic carbocycles. The zero-order chi connectivity index (χ0) is 16.4. The van der Waals surface area contributed by atoms with Crippen molar-refractivity contribution in [2.45, 2.75) is 56.3 Å². The van der Waals surface area contributed by atoms with Crippen LogP contribution in [0.4, 0.5) is 0 Å². The van der Waals surface area contributed by atoms with Crippen LogP contribution in [0.5, 0.6) is 0 Å². The largest absolute Gasteiger partial charge is 0.547 e. The van der Waals surface area contributed by atoms with Crippen LogP contribution in [-0.4, -0.2) is 75.0 Å². The fraction of sp³-hybridized carbons (Fsp3) is 0.833. The van der Waals surface area contributed by atoms with E-state index in [1.165, 1.54) is 6.92 Å². The third-order valence-electron chi connectivity index (χ3n) is 3.48. The van der Waals surface area contributed by atoms with Gasteiger partial charge in [-0.15, -0.1) is 0 Å². The molecule has 1 heterocycles. The number of carbonyl (C=O) groups is 2. The van der Waals surface area contributed by atoms with E-state index in [1.54, 1.807) is 0 Å². The average Bonchev–Trinajstić information content (AvgIpc) is 2.39. The second kappa shape index (κ2) is 6.67. The number of rotatable bonds is 5. The summed E-state index contributed by atoms with van der Waals surface area (Å²) >= 11 is 0.